The quantitative estimate of drug-likeness (QED) is 0.537. The summed E-state index contributed by atoms with van der Waals surface area (Å²) in [6.07, 6.45) is 4.73. The molecule has 0 atom stereocenters. The molecule has 0 heterocycles. The Morgan fingerprint density at radius 2 is 2.24 bits per heavy atom. The van der Waals surface area contributed by atoms with Gasteiger partial charge in [-0.05, 0) is 50.2 Å². The van der Waals surface area contributed by atoms with E-state index in [9.17, 15) is 4.79 Å². The summed E-state index contributed by atoms with van der Waals surface area (Å²) in [6, 6.07) is 3.47. The molecular formula is C13H18N2O2. The van der Waals surface area contributed by atoms with E-state index in [1.165, 1.54) is 0 Å². The minimum atomic E-state index is -0.990. The van der Waals surface area contributed by atoms with Crippen LogP contribution in [0, 0.1) is 6.92 Å². The van der Waals surface area contributed by atoms with Crippen molar-refractivity contribution in [1.29, 1.82) is 0 Å². The molecule has 92 valence electrons. The molecule has 4 heteroatoms. The maximum atomic E-state index is 11.0. The van der Waals surface area contributed by atoms with Gasteiger partial charge in [-0.25, -0.2) is 4.79 Å². The van der Waals surface area contributed by atoms with Crippen molar-refractivity contribution in [2.45, 2.75) is 13.3 Å². The van der Waals surface area contributed by atoms with Gasteiger partial charge in [-0.1, -0.05) is 12.2 Å². The lowest BCUT2D eigenvalue weighted by Crippen LogP contribution is -2.06. The Labute approximate surface area is 101 Å². The number of hydrogen-bond donors (Lipinski definition) is 3. The van der Waals surface area contributed by atoms with Crippen molar-refractivity contribution in [1.82, 2.24) is 5.32 Å². The van der Waals surface area contributed by atoms with E-state index < -0.39 is 5.97 Å². The number of nitrogens with two attached hydrogens (primary N) is 1. The molecule has 0 unspecified atom stereocenters. The molecule has 1 rings (SSSR count). The second-order valence-electron chi connectivity index (χ2n) is 3.92. The van der Waals surface area contributed by atoms with E-state index in [0.29, 0.717) is 5.69 Å². The normalized spacial score (nSPS) is 10.9. The van der Waals surface area contributed by atoms with Crippen molar-refractivity contribution in [3.63, 3.8) is 0 Å². The van der Waals surface area contributed by atoms with Crippen LogP contribution in [0.3, 0.4) is 0 Å². The van der Waals surface area contributed by atoms with Crippen molar-refractivity contribution in [2.24, 2.45) is 0 Å². The number of aryl methyl sites for hydroxylation is 1. The molecule has 0 amide bonds. The van der Waals surface area contributed by atoms with E-state index in [-0.39, 0.29) is 5.56 Å². The van der Waals surface area contributed by atoms with E-state index in [2.05, 4.69) is 5.32 Å². The number of nitrogen functional groups attached to an aromatic ring is 1. The molecule has 4 nitrogen and oxygen atoms in total. The number of carboxylic acid groups (broad SMARTS) is 1. The molecule has 0 saturated heterocycles. The first kappa shape index (κ1) is 13.3. The van der Waals surface area contributed by atoms with Gasteiger partial charge in [-0.3, -0.25) is 0 Å². The van der Waals surface area contributed by atoms with Crippen LogP contribution >= 0.6 is 0 Å². The highest BCUT2D eigenvalue weighted by Crippen LogP contribution is 2.21. The molecule has 0 aliphatic heterocycles. The van der Waals surface area contributed by atoms with Crippen LogP contribution < -0.4 is 11.1 Å². The van der Waals surface area contributed by atoms with Crippen LogP contribution in [0.2, 0.25) is 0 Å². The zero-order chi connectivity index (χ0) is 12.8. The smallest absolute Gasteiger partial charge is 0.337 e. The summed E-state index contributed by atoms with van der Waals surface area (Å²) in [5.41, 5.74) is 7.96. The van der Waals surface area contributed by atoms with Gasteiger partial charge < -0.3 is 16.2 Å². The summed E-state index contributed by atoms with van der Waals surface area (Å²) in [4.78, 5) is 11.0. The summed E-state index contributed by atoms with van der Waals surface area (Å²) in [5, 5.41) is 12.0. The van der Waals surface area contributed by atoms with Crippen LogP contribution in [-0.2, 0) is 0 Å². The average Bonchev–Trinajstić information content (AvgIpc) is 2.28. The number of rotatable bonds is 5. The van der Waals surface area contributed by atoms with Crippen LogP contribution in [0.25, 0.3) is 6.08 Å². The maximum Gasteiger partial charge on any atom is 0.337 e. The van der Waals surface area contributed by atoms with E-state index in [4.69, 9.17) is 10.8 Å². The molecule has 17 heavy (non-hydrogen) atoms. The summed E-state index contributed by atoms with van der Waals surface area (Å²) >= 11 is 0. The first-order valence-corrected chi connectivity index (χ1v) is 5.50. The van der Waals surface area contributed by atoms with E-state index in [0.717, 1.165) is 24.1 Å². The van der Waals surface area contributed by atoms with Crippen molar-refractivity contribution in [3.05, 3.63) is 34.9 Å². The van der Waals surface area contributed by atoms with Crippen LogP contribution in [0.1, 0.15) is 27.9 Å². The average molecular weight is 234 g/mol. The number of nitrogens with one attached hydrogen (secondary N) is 1. The Balaban J connectivity index is 2.99. The molecule has 0 spiro atoms. The molecule has 0 saturated carbocycles. The SMILES string of the molecule is CNCCC=Cc1cc(C)cc(C(=O)O)c1N. The largest absolute Gasteiger partial charge is 0.478 e. The Morgan fingerprint density at radius 1 is 1.53 bits per heavy atom. The van der Waals surface area contributed by atoms with Crippen molar-refractivity contribution in [3.8, 4) is 0 Å². The zero-order valence-electron chi connectivity index (χ0n) is 10.2. The molecule has 1 aromatic rings. The number of hydrogen-bond acceptors (Lipinski definition) is 3. The number of aromatic carboxylic acids is 1. The van der Waals surface area contributed by atoms with Gasteiger partial charge in [-0.2, -0.15) is 0 Å². The second kappa shape index (κ2) is 6.06. The number of carboxylic acids is 1. The Hall–Kier alpha value is -1.81. The topological polar surface area (TPSA) is 75.3 Å². The van der Waals surface area contributed by atoms with Crippen molar-refractivity contribution < 1.29 is 9.90 Å². The monoisotopic (exact) mass is 234 g/mol. The van der Waals surface area contributed by atoms with Gasteiger partial charge in [0, 0.05) is 0 Å². The fraction of sp³-hybridized carbons (Fsp3) is 0.308. The minimum absolute atomic E-state index is 0.165. The lowest BCUT2D eigenvalue weighted by Gasteiger charge is -2.07. The highest BCUT2D eigenvalue weighted by molar-refractivity contribution is 5.96. The molecule has 0 bridgehead atoms. The van der Waals surface area contributed by atoms with Crippen LogP contribution in [0.15, 0.2) is 18.2 Å². The fourth-order valence-electron chi connectivity index (χ4n) is 1.58. The third-order valence-electron chi connectivity index (χ3n) is 2.45. The third-order valence-corrected chi connectivity index (χ3v) is 2.45. The summed E-state index contributed by atoms with van der Waals surface area (Å²) < 4.78 is 0. The Morgan fingerprint density at radius 3 is 2.82 bits per heavy atom. The Kier molecular flexibility index (Phi) is 4.72. The highest BCUT2D eigenvalue weighted by Gasteiger charge is 2.10. The van der Waals surface area contributed by atoms with Crippen molar-refractivity contribution >= 4 is 17.7 Å². The maximum absolute atomic E-state index is 11.0. The first-order chi connectivity index (χ1) is 8.06. The van der Waals surface area contributed by atoms with Crippen LogP contribution in [0.4, 0.5) is 5.69 Å². The molecule has 0 radical (unpaired) electrons. The van der Waals surface area contributed by atoms with Crippen molar-refractivity contribution in [2.75, 3.05) is 19.3 Å². The van der Waals surface area contributed by atoms with Gasteiger partial charge in [0.05, 0.1) is 11.3 Å². The fourth-order valence-corrected chi connectivity index (χ4v) is 1.58. The van der Waals surface area contributed by atoms with Gasteiger partial charge >= 0.3 is 5.97 Å². The van der Waals surface area contributed by atoms with Gasteiger partial charge in [0.25, 0.3) is 0 Å². The lowest BCUT2D eigenvalue weighted by molar-refractivity contribution is 0.0698. The molecular weight excluding hydrogens is 216 g/mol. The molecule has 0 fully saturated rings. The van der Waals surface area contributed by atoms with Gasteiger partial charge in [-0.15, -0.1) is 0 Å². The van der Waals surface area contributed by atoms with E-state index >= 15 is 0 Å². The summed E-state index contributed by atoms with van der Waals surface area (Å²) in [5.74, 6) is -0.990. The lowest BCUT2D eigenvalue weighted by atomic mass is 10.0. The van der Waals surface area contributed by atoms with Crippen LogP contribution in [0.5, 0.6) is 0 Å². The highest BCUT2D eigenvalue weighted by atomic mass is 16.4. The predicted molar refractivity (Wildman–Crippen MR) is 70.1 cm³/mol. The molecule has 0 aliphatic carbocycles. The van der Waals surface area contributed by atoms with E-state index in [1.807, 2.05) is 32.2 Å². The Bertz CT molecular complexity index is 439. The van der Waals surface area contributed by atoms with E-state index in [1.54, 1.807) is 6.07 Å². The second-order valence-corrected chi connectivity index (χ2v) is 3.92. The minimum Gasteiger partial charge on any atom is -0.478 e. The zero-order valence-corrected chi connectivity index (χ0v) is 10.2. The van der Waals surface area contributed by atoms with Gasteiger partial charge in [0.15, 0.2) is 0 Å². The molecule has 1 aromatic carbocycles. The van der Waals surface area contributed by atoms with Gasteiger partial charge in [0.2, 0.25) is 0 Å². The number of anilines is 1. The molecule has 4 N–H and O–H groups in total. The van der Waals surface area contributed by atoms with Crippen LogP contribution in [-0.4, -0.2) is 24.7 Å². The number of benzene rings is 1. The van der Waals surface area contributed by atoms with Gasteiger partial charge in [0.1, 0.15) is 0 Å². The summed E-state index contributed by atoms with van der Waals surface area (Å²) in [7, 11) is 1.89. The number of carbonyl (C=O) groups is 1. The standard InChI is InChI=1S/C13H18N2O2/c1-9-7-10(5-3-4-6-15-2)12(14)11(8-9)13(16)17/h3,5,7-8,15H,4,6,14H2,1-2H3,(H,16,17). The predicted octanol–water partition coefficient (Wildman–Crippen LogP) is 1.90. The third kappa shape index (κ3) is 3.60. The molecule has 0 aliphatic rings. The first-order valence-electron chi connectivity index (χ1n) is 5.50. The molecule has 0 aromatic heterocycles. The summed E-state index contributed by atoms with van der Waals surface area (Å²) in [6.45, 7) is 2.74.